The van der Waals surface area contributed by atoms with Crippen molar-refractivity contribution in [1.29, 1.82) is 0 Å². The molecule has 0 aliphatic carbocycles. The summed E-state index contributed by atoms with van der Waals surface area (Å²) < 4.78 is 4.87. The number of esters is 1. The summed E-state index contributed by atoms with van der Waals surface area (Å²) in [6, 6.07) is 0. The third-order valence-electron chi connectivity index (χ3n) is 1.31. The topological polar surface area (TPSA) is 26.3 Å². The third kappa shape index (κ3) is 9.15. The van der Waals surface area contributed by atoms with E-state index in [1.807, 2.05) is 13.0 Å². The molecule has 2 nitrogen and oxygen atoms in total. The van der Waals surface area contributed by atoms with Crippen molar-refractivity contribution in [3.8, 4) is 0 Å². The van der Waals surface area contributed by atoms with Crippen LogP contribution in [0.25, 0.3) is 0 Å². The summed E-state index contributed by atoms with van der Waals surface area (Å²) in [6.07, 6.45) is 8.39. The molecule has 0 bridgehead atoms. The summed E-state index contributed by atoms with van der Waals surface area (Å²) in [4.78, 5) is 10.9. The number of halogens is 1. The molecule has 0 aromatic carbocycles. The first-order chi connectivity index (χ1) is 6.31. The summed E-state index contributed by atoms with van der Waals surface area (Å²) in [7, 11) is 0. The smallest absolute Gasteiger partial charge is 0.330 e. The van der Waals surface area contributed by atoms with Crippen LogP contribution >= 0.6 is 11.6 Å². The molecule has 3 heteroatoms. The lowest BCUT2D eigenvalue weighted by atomic mass is 10.3. The van der Waals surface area contributed by atoms with Crippen LogP contribution in [0.5, 0.6) is 0 Å². The first-order valence-electron chi connectivity index (χ1n) is 4.33. The highest BCUT2D eigenvalue weighted by Gasteiger charge is 1.94. The highest BCUT2D eigenvalue weighted by Crippen LogP contribution is 1.93. The van der Waals surface area contributed by atoms with Crippen LogP contribution in [0.15, 0.2) is 24.3 Å². The van der Waals surface area contributed by atoms with Gasteiger partial charge in [-0.2, -0.15) is 0 Å². The molecule has 0 saturated heterocycles. The van der Waals surface area contributed by atoms with Gasteiger partial charge >= 0.3 is 5.97 Å². The summed E-state index contributed by atoms with van der Waals surface area (Å²) in [5.74, 6) is 0.319. The van der Waals surface area contributed by atoms with Gasteiger partial charge in [-0.1, -0.05) is 18.2 Å². The van der Waals surface area contributed by atoms with E-state index >= 15 is 0 Å². The van der Waals surface area contributed by atoms with E-state index in [-0.39, 0.29) is 5.97 Å². The van der Waals surface area contributed by atoms with Gasteiger partial charge in [0.2, 0.25) is 0 Å². The van der Waals surface area contributed by atoms with Gasteiger partial charge in [-0.3, -0.25) is 0 Å². The maximum atomic E-state index is 10.9. The molecule has 0 amide bonds. The molecular weight excluding hydrogens is 188 g/mol. The number of unbranched alkanes of at least 4 members (excludes halogenated alkanes) is 1. The highest BCUT2D eigenvalue weighted by atomic mass is 35.5. The average molecular weight is 203 g/mol. The Morgan fingerprint density at radius 2 is 2.15 bits per heavy atom. The van der Waals surface area contributed by atoms with Gasteiger partial charge in [0.25, 0.3) is 0 Å². The molecular formula is C10H15ClO2. The molecule has 0 fully saturated rings. The van der Waals surface area contributed by atoms with E-state index < -0.39 is 0 Å². The summed E-state index contributed by atoms with van der Waals surface area (Å²) in [6.45, 7) is 2.34. The number of alkyl halides is 1. The third-order valence-corrected chi connectivity index (χ3v) is 1.58. The second kappa shape index (κ2) is 9.33. The van der Waals surface area contributed by atoms with Gasteiger partial charge in [0, 0.05) is 12.0 Å². The van der Waals surface area contributed by atoms with Crippen LogP contribution in [0, 0.1) is 0 Å². The number of hydrogen-bond donors (Lipinski definition) is 0. The van der Waals surface area contributed by atoms with Gasteiger partial charge in [0.1, 0.15) is 0 Å². The van der Waals surface area contributed by atoms with Crippen LogP contribution in [0.2, 0.25) is 0 Å². The minimum absolute atomic E-state index is 0.298. The van der Waals surface area contributed by atoms with Crippen LogP contribution < -0.4 is 0 Å². The zero-order valence-electron chi connectivity index (χ0n) is 7.83. The van der Waals surface area contributed by atoms with Crippen molar-refractivity contribution in [2.45, 2.75) is 19.8 Å². The van der Waals surface area contributed by atoms with E-state index in [1.54, 1.807) is 12.2 Å². The average Bonchev–Trinajstić information content (AvgIpc) is 2.13. The first kappa shape index (κ1) is 12.2. The van der Waals surface area contributed by atoms with E-state index in [0.29, 0.717) is 12.5 Å². The van der Waals surface area contributed by atoms with Gasteiger partial charge < -0.3 is 4.74 Å². The van der Waals surface area contributed by atoms with E-state index in [4.69, 9.17) is 16.3 Å². The minimum atomic E-state index is -0.298. The van der Waals surface area contributed by atoms with Crippen molar-refractivity contribution in [1.82, 2.24) is 0 Å². The number of ether oxygens (including phenoxy) is 1. The number of hydrogen-bond acceptors (Lipinski definition) is 2. The Labute approximate surface area is 84.2 Å². The summed E-state index contributed by atoms with van der Waals surface area (Å²) >= 11 is 5.46. The molecule has 0 radical (unpaired) electrons. The SMILES string of the molecule is C/C=C/C=C/C(=O)OCCCCCl. The van der Waals surface area contributed by atoms with Crippen molar-refractivity contribution >= 4 is 17.6 Å². The normalized spacial score (nSPS) is 11.2. The lowest BCUT2D eigenvalue weighted by molar-refractivity contribution is -0.137. The Morgan fingerprint density at radius 3 is 2.77 bits per heavy atom. The van der Waals surface area contributed by atoms with Crippen molar-refractivity contribution < 1.29 is 9.53 Å². The molecule has 0 spiro atoms. The van der Waals surface area contributed by atoms with E-state index in [2.05, 4.69) is 0 Å². The molecule has 0 saturated carbocycles. The number of carbonyl (C=O) groups is 1. The Morgan fingerprint density at radius 1 is 1.38 bits per heavy atom. The lowest BCUT2D eigenvalue weighted by Gasteiger charge is -1.98. The molecule has 13 heavy (non-hydrogen) atoms. The Balaban J connectivity index is 3.40. The van der Waals surface area contributed by atoms with E-state index in [9.17, 15) is 4.79 Å². The summed E-state index contributed by atoms with van der Waals surface area (Å²) in [5.41, 5.74) is 0. The number of rotatable bonds is 6. The van der Waals surface area contributed by atoms with Gasteiger partial charge in [0.05, 0.1) is 6.61 Å². The predicted octanol–water partition coefficient (Wildman–Crippen LogP) is 2.68. The Bertz CT molecular complexity index is 185. The zero-order valence-corrected chi connectivity index (χ0v) is 8.59. The molecule has 0 aliphatic rings. The van der Waals surface area contributed by atoms with Gasteiger partial charge in [-0.15, -0.1) is 11.6 Å². The monoisotopic (exact) mass is 202 g/mol. The van der Waals surface area contributed by atoms with Crippen molar-refractivity contribution in [2.75, 3.05) is 12.5 Å². The van der Waals surface area contributed by atoms with E-state index in [1.165, 1.54) is 6.08 Å². The molecule has 0 aromatic heterocycles. The molecule has 0 N–H and O–H groups in total. The van der Waals surface area contributed by atoms with Crippen molar-refractivity contribution in [3.63, 3.8) is 0 Å². The van der Waals surface area contributed by atoms with Crippen LogP contribution in [0.4, 0.5) is 0 Å². The molecule has 0 aliphatic heterocycles. The largest absolute Gasteiger partial charge is 0.463 e. The number of carbonyl (C=O) groups excluding carboxylic acids is 1. The molecule has 0 heterocycles. The molecule has 0 unspecified atom stereocenters. The van der Waals surface area contributed by atoms with Crippen molar-refractivity contribution in [2.24, 2.45) is 0 Å². The standard InChI is InChI=1S/C10H15ClO2/c1-2-3-4-7-10(12)13-9-6-5-8-11/h2-4,7H,5-6,8-9H2,1H3/b3-2+,7-4+. The lowest BCUT2D eigenvalue weighted by Crippen LogP contribution is -2.02. The fourth-order valence-electron chi connectivity index (χ4n) is 0.663. The van der Waals surface area contributed by atoms with E-state index in [0.717, 1.165) is 12.8 Å². The Kier molecular flexibility index (Phi) is 8.78. The van der Waals surface area contributed by atoms with Crippen LogP contribution in [-0.4, -0.2) is 18.5 Å². The maximum Gasteiger partial charge on any atom is 0.330 e. The predicted molar refractivity (Wildman–Crippen MR) is 54.9 cm³/mol. The number of allylic oxidation sites excluding steroid dienone is 3. The van der Waals surface area contributed by atoms with Gasteiger partial charge in [-0.25, -0.2) is 4.79 Å². The molecule has 0 rings (SSSR count). The summed E-state index contributed by atoms with van der Waals surface area (Å²) in [5, 5.41) is 0. The van der Waals surface area contributed by atoms with Crippen LogP contribution in [0.3, 0.4) is 0 Å². The second-order valence-corrected chi connectivity index (χ2v) is 2.83. The molecule has 74 valence electrons. The zero-order chi connectivity index (χ0) is 9.94. The van der Waals surface area contributed by atoms with Crippen LogP contribution in [0.1, 0.15) is 19.8 Å². The quantitative estimate of drug-likeness (QED) is 0.218. The maximum absolute atomic E-state index is 10.9. The van der Waals surface area contributed by atoms with Gasteiger partial charge in [-0.05, 0) is 19.8 Å². The minimum Gasteiger partial charge on any atom is -0.463 e. The fraction of sp³-hybridized carbons (Fsp3) is 0.500. The second-order valence-electron chi connectivity index (χ2n) is 2.45. The van der Waals surface area contributed by atoms with Crippen molar-refractivity contribution in [3.05, 3.63) is 24.3 Å². The van der Waals surface area contributed by atoms with Gasteiger partial charge in [0.15, 0.2) is 0 Å². The molecule has 0 aromatic rings. The first-order valence-corrected chi connectivity index (χ1v) is 4.86. The highest BCUT2D eigenvalue weighted by molar-refractivity contribution is 6.17. The fourth-order valence-corrected chi connectivity index (χ4v) is 0.852. The Hall–Kier alpha value is -0.760. The molecule has 0 atom stereocenters. The van der Waals surface area contributed by atoms with Crippen LogP contribution in [-0.2, 0) is 9.53 Å².